The second kappa shape index (κ2) is 5.59. The Labute approximate surface area is 122 Å². The van der Waals surface area contributed by atoms with Crippen LogP contribution in [0.3, 0.4) is 0 Å². The van der Waals surface area contributed by atoms with Gasteiger partial charge in [0.15, 0.2) is 3.79 Å². The van der Waals surface area contributed by atoms with Gasteiger partial charge in [-0.3, -0.25) is 0 Å². The predicted octanol–water partition coefficient (Wildman–Crippen LogP) is 4.08. The molecule has 0 aliphatic rings. The number of pyridine rings is 1. The van der Waals surface area contributed by atoms with Gasteiger partial charge in [-0.15, -0.1) is 0 Å². The van der Waals surface area contributed by atoms with Gasteiger partial charge >= 0.3 is 0 Å². The zero-order valence-electron chi connectivity index (χ0n) is 7.93. The Morgan fingerprint density at radius 3 is 2.31 bits per heavy atom. The molecule has 1 rings (SSSR count). The van der Waals surface area contributed by atoms with Crippen LogP contribution in [0, 0.1) is 0 Å². The molecule has 2 nitrogen and oxygen atoms in total. The lowest BCUT2D eigenvalue weighted by molar-refractivity contribution is 0.0553. The van der Waals surface area contributed by atoms with Gasteiger partial charge in [-0.05, 0) is 6.07 Å². The molecule has 0 spiro atoms. The fourth-order valence-corrected chi connectivity index (χ4v) is 2.51. The normalized spacial score (nSPS) is 15.9. The Morgan fingerprint density at radius 2 is 1.94 bits per heavy atom. The van der Waals surface area contributed by atoms with Crippen LogP contribution in [0.15, 0.2) is 18.3 Å². The van der Waals surface area contributed by atoms with Crippen LogP contribution in [-0.4, -0.2) is 19.2 Å². The smallest absolute Gasteiger partial charge is 0.193 e. The molecule has 0 aliphatic heterocycles. The Kier molecular flexibility index (Phi) is 5.18. The van der Waals surface area contributed by atoms with Crippen LogP contribution in [0.25, 0.3) is 0 Å². The average molecular weight is 368 g/mol. The maximum atomic E-state index is 10.3. The maximum Gasteiger partial charge on any atom is 0.193 e. The fraction of sp³-hybridized carbons (Fsp3) is 0.444. The lowest BCUT2D eigenvalue weighted by atomic mass is 9.95. The first kappa shape index (κ1) is 14.8. The summed E-state index contributed by atoms with van der Waals surface area (Å²) in [5.41, 5.74) is -0.747. The summed E-state index contributed by atoms with van der Waals surface area (Å²) in [5, 5.41) is 10.9. The first-order valence-corrected chi connectivity index (χ1v) is 6.87. The second-order valence-corrected chi connectivity index (χ2v) is 6.79. The highest BCUT2D eigenvalue weighted by Gasteiger charge is 2.37. The van der Waals surface area contributed by atoms with Crippen LogP contribution in [0.2, 0.25) is 5.15 Å². The Morgan fingerprint density at radius 1 is 1.31 bits per heavy atom. The molecule has 0 radical (unpaired) electrons. The Bertz CT molecular complexity index is 354. The van der Waals surface area contributed by atoms with Gasteiger partial charge in [0, 0.05) is 23.5 Å². The molecule has 0 amide bonds. The summed E-state index contributed by atoms with van der Waals surface area (Å²) in [6.07, 6.45) is 1.42. The van der Waals surface area contributed by atoms with E-state index in [-0.39, 0.29) is 11.8 Å². The molecule has 0 saturated carbocycles. The van der Waals surface area contributed by atoms with Crippen LogP contribution in [0.4, 0.5) is 0 Å². The minimum Gasteiger partial charge on any atom is -0.384 e. The van der Waals surface area contributed by atoms with Crippen molar-refractivity contribution in [2.75, 3.05) is 5.33 Å². The molecule has 1 N–H and O–H groups in total. The summed E-state index contributed by atoms with van der Waals surface area (Å²) >= 11 is 25.9. The maximum absolute atomic E-state index is 10.3. The van der Waals surface area contributed by atoms with Gasteiger partial charge in [0.1, 0.15) is 10.8 Å². The van der Waals surface area contributed by atoms with Crippen LogP contribution >= 0.6 is 62.3 Å². The van der Waals surface area contributed by atoms with E-state index in [4.69, 9.17) is 46.4 Å². The Hall–Kier alpha value is 0.750. The molecule has 90 valence electrons. The number of aromatic nitrogens is 1. The third-order valence-electron chi connectivity index (χ3n) is 1.98. The molecular weight excluding hydrogens is 360 g/mol. The summed E-state index contributed by atoms with van der Waals surface area (Å²) in [7, 11) is 0. The quantitative estimate of drug-likeness (QED) is 0.645. The molecule has 0 fully saturated rings. The van der Waals surface area contributed by atoms with Gasteiger partial charge in [-0.25, -0.2) is 4.98 Å². The lowest BCUT2D eigenvalue weighted by Gasteiger charge is -2.29. The SMILES string of the molecule is OC(CBr)(CC(Cl)(Cl)Cl)c1ccc(Cl)nc1. The third-order valence-corrected chi connectivity index (χ3v) is 3.53. The van der Waals surface area contributed by atoms with Gasteiger partial charge in [0.2, 0.25) is 0 Å². The highest BCUT2D eigenvalue weighted by atomic mass is 79.9. The number of aliphatic hydroxyl groups is 1. The van der Waals surface area contributed by atoms with E-state index in [1.807, 2.05) is 0 Å². The van der Waals surface area contributed by atoms with Crippen molar-refractivity contribution in [3.05, 3.63) is 29.0 Å². The second-order valence-electron chi connectivity index (χ2n) is 3.33. The molecule has 0 saturated heterocycles. The van der Waals surface area contributed by atoms with Crippen molar-refractivity contribution in [3.8, 4) is 0 Å². The molecule has 1 atom stereocenters. The molecule has 16 heavy (non-hydrogen) atoms. The molecule has 7 heteroatoms. The molecule has 1 aromatic rings. The van der Waals surface area contributed by atoms with Crippen LogP contribution in [0.1, 0.15) is 12.0 Å². The molecule has 0 aliphatic carbocycles. The van der Waals surface area contributed by atoms with E-state index in [2.05, 4.69) is 20.9 Å². The standard InChI is InChI=1S/C9H8BrCl4NO/c10-5-8(16,4-9(12,13)14)6-1-2-7(11)15-3-6/h1-3,16H,4-5H2. The number of hydrogen-bond donors (Lipinski definition) is 1. The fourth-order valence-electron chi connectivity index (χ4n) is 1.21. The predicted molar refractivity (Wildman–Crippen MR) is 71.8 cm³/mol. The highest BCUT2D eigenvalue weighted by molar-refractivity contribution is 9.09. The van der Waals surface area contributed by atoms with Crippen LogP contribution in [0.5, 0.6) is 0 Å². The summed E-state index contributed by atoms with van der Waals surface area (Å²) in [6, 6.07) is 3.22. The van der Waals surface area contributed by atoms with Gasteiger partial charge in [0.05, 0.1) is 0 Å². The number of hydrogen-bond acceptors (Lipinski definition) is 2. The minimum absolute atomic E-state index is 0.0424. The van der Waals surface area contributed by atoms with Gasteiger partial charge in [0.25, 0.3) is 0 Å². The number of alkyl halides is 4. The Balaban J connectivity index is 3.00. The number of halogens is 5. The van der Waals surface area contributed by atoms with Crippen molar-refractivity contribution < 1.29 is 5.11 Å². The summed E-state index contributed by atoms with van der Waals surface area (Å²) in [5.74, 6) is 0. The minimum atomic E-state index is -1.54. The van der Waals surface area contributed by atoms with Crippen molar-refractivity contribution in [3.63, 3.8) is 0 Å². The topological polar surface area (TPSA) is 33.1 Å². The van der Waals surface area contributed by atoms with Gasteiger partial charge in [-0.1, -0.05) is 68.4 Å². The van der Waals surface area contributed by atoms with E-state index in [0.29, 0.717) is 10.7 Å². The number of nitrogens with zero attached hydrogens (tertiary/aromatic N) is 1. The zero-order valence-corrected chi connectivity index (χ0v) is 12.5. The monoisotopic (exact) mass is 365 g/mol. The summed E-state index contributed by atoms with van der Waals surface area (Å²) in [4.78, 5) is 3.88. The van der Waals surface area contributed by atoms with Crippen molar-refractivity contribution >= 4 is 62.3 Å². The van der Waals surface area contributed by atoms with Crippen LogP contribution < -0.4 is 0 Å². The highest BCUT2D eigenvalue weighted by Crippen LogP contribution is 2.40. The zero-order chi connectivity index (χ0) is 12.4. The summed E-state index contributed by atoms with van der Waals surface area (Å²) < 4.78 is -1.54. The molecule has 0 bridgehead atoms. The average Bonchev–Trinajstić information content (AvgIpc) is 2.16. The molecule has 1 heterocycles. The molecule has 0 aromatic carbocycles. The van der Waals surface area contributed by atoms with E-state index in [0.717, 1.165) is 0 Å². The van der Waals surface area contributed by atoms with Crippen molar-refractivity contribution in [1.82, 2.24) is 4.98 Å². The largest absolute Gasteiger partial charge is 0.384 e. The van der Waals surface area contributed by atoms with E-state index in [9.17, 15) is 5.11 Å². The first-order chi connectivity index (χ1) is 7.27. The van der Waals surface area contributed by atoms with Gasteiger partial charge in [-0.2, -0.15) is 0 Å². The van der Waals surface area contributed by atoms with Crippen molar-refractivity contribution in [2.45, 2.75) is 15.8 Å². The lowest BCUT2D eigenvalue weighted by Crippen LogP contribution is -2.32. The van der Waals surface area contributed by atoms with E-state index < -0.39 is 9.39 Å². The van der Waals surface area contributed by atoms with E-state index in [1.165, 1.54) is 6.20 Å². The molecular formula is C9H8BrCl4NO. The van der Waals surface area contributed by atoms with E-state index >= 15 is 0 Å². The summed E-state index contributed by atoms with van der Waals surface area (Å²) in [6.45, 7) is 0. The third kappa shape index (κ3) is 4.21. The van der Waals surface area contributed by atoms with Gasteiger partial charge < -0.3 is 5.11 Å². The van der Waals surface area contributed by atoms with Crippen molar-refractivity contribution in [2.24, 2.45) is 0 Å². The van der Waals surface area contributed by atoms with Crippen molar-refractivity contribution in [1.29, 1.82) is 0 Å². The first-order valence-electron chi connectivity index (χ1n) is 4.24. The van der Waals surface area contributed by atoms with E-state index in [1.54, 1.807) is 12.1 Å². The number of rotatable bonds is 3. The molecule has 1 unspecified atom stereocenters. The van der Waals surface area contributed by atoms with Crippen LogP contribution in [-0.2, 0) is 5.60 Å². The molecule has 1 aromatic heterocycles.